The molecule has 0 spiro atoms. The van der Waals surface area contributed by atoms with Crippen molar-refractivity contribution in [3.63, 3.8) is 0 Å². The minimum atomic E-state index is 0.591. The van der Waals surface area contributed by atoms with Crippen LogP contribution in [0.3, 0.4) is 0 Å². The fourth-order valence-corrected chi connectivity index (χ4v) is 1.98. The molecule has 2 aromatic rings. The summed E-state index contributed by atoms with van der Waals surface area (Å²) in [5.41, 5.74) is 2.06. The molecule has 0 amide bonds. The molecule has 2 aromatic carbocycles. The van der Waals surface area contributed by atoms with Crippen LogP contribution in [0.25, 0.3) is 0 Å². The number of anilines is 1. The molecule has 0 aliphatic heterocycles. The van der Waals surface area contributed by atoms with Gasteiger partial charge in [0.25, 0.3) is 0 Å². The van der Waals surface area contributed by atoms with E-state index in [1.54, 1.807) is 7.11 Å². The maximum Gasteiger partial charge on any atom is 0.118 e. The fraction of sp³-hybridized carbons (Fsp3) is 0.250. The summed E-state index contributed by atoms with van der Waals surface area (Å²) in [6, 6.07) is 15.5. The monoisotopic (exact) mass is 291 g/mol. The highest BCUT2D eigenvalue weighted by atomic mass is 35.5. The van der Waals surface area contributed by atoms with Gasteiger partial charge in [0.2, 0.25) is 0 Å². The van der Waals surface area contributed by atoms with Crippen LogP contribution in [0.2, 0.25) is 5.02 Å². The van der Waals surface area contributed by atoms with Crippen LogP contribution < -0.4 is 10.1 Å². The molecule has 20 heavy (non-hydrogen) atoms. The normalized spacial score (nSPS) is 10.3. The Kier molecular flexibility index (Phi) is 5.71. The highest BCUT2D eigenvalue weighted by molar-refractivity contribution is 6.33. The zero-order chi connectivity index (χ0) is 14.2. The molecule has 0 radical (unpaired) electrons. The van der Waals surface area contributed by atoms with Crippen molar-refractivity contribution < 1.29 is 9.47 Å². The van der Waals surface area contributed by atoms with Gasteiger partial charge in [-0.2, -0.15) is 0 Å². The molecule has 0 saturated carbocycles. The van der Waals surface area contributed by atoms with E-state index in [1.807, 2.05) is 48.5 Å². The Morgan fingerprint density at radius 1 is 1.05 bits per heavy atom. The second-order valence-corrected chi connectivity index (χ2v) is 4.71. The van der Waals surface area contributed by atoms with Crippen LogP contribution in [-0.4, -0.2) is 20.3 Å². The van der Waals surface area contributed by atoms with E-state index < -0.39 is 0 Å². The van der Waals surface area contributed by atoms with Gasteiger partial charge in [0.15, 0.2) is 0 Å². The van der Waals surface area contributed by atoms with Crippen molar-refractivity contribution in [3.8, 4) is 5.75 Å². The quantitative estimate of drug-likeness (QED) is 0.783. The highest BCUT2D eigenvalue weighted by Gasteiger charge is 1.98. The van der Waals surface area contributed by atoms with Gasteiger partial charge in [0.1, 0.15) is 5.75 Å². The minimum absolute atomic E-state index is 0.591. The predicted octanol–water partition coefficient (Wildman–Crippen LogP) is 3.98. The summed E-state index contributed by atoms with van der Waals surface area (Å²) in [7, 11) is 1.66. The summed E-state index contributed by atoms with van der Waals surface area (Å²) in [6.07, 6.45) is 0. The first-order valence-corrected chi connectivity index (χ1v) is 6.86. The maximum absolute atomic E-state index is 6.05. The average molecular weight is 292 g/mol. The lowest BCUT2D eigenvalue weighted by Crippen LogP contribution is -2.09. The molecule has 0 saturated heterocycles. The van der Waals surface area contributed by atoms with Crippen molar-refractivity contribution in [1.82, 2.24) is 0 Å². The largest absolute Gasteiger partial charge is 0.497 e. The molecule has 1 N–H and O–H groups in total. The van der Waals surface area contributed by atoms with Crippen molar-refractivity contribution >= 4 is 17.3 Å². The van der Waals surface area contributed by atoms with Gasteiger partial charge in [0, 0.05) is 6.54 Å². The van der Waals surface area contributed by atoms with Gasteiger partial charge < -0.3 is 14.8 Å². The topological polar surface area (TPSA) is 30.5 Å². The SMILES string of the molecule is COc1ccc(COCCNc2ccccc2Cl)cc1. The molecule has 0 aliphatic rings. The number of hydrogen-bond donors (Lipinski definition) is 1. The molecule has 0 fully saturated rings. The van der Waals surface area contributed by atoms with Crippen molar-refractivity contribution in [2.24, 2.45) is 0 Å². The Hall–Kier alpha value is -1.71. The Morgan fingerprint density at radius 2 is 1.80 bits per heavy atom. The lowest BCUT2D eigenvalue weighted by molar-refractivity contribution is 0.130. The van der Waals surface area contributed by atoms with Crippen LogP contribution in [0, 0.1) is 0 Å². The Labute approximate surface area is 124 Å². The van der Waals surface area contributed by atoms with Crippen molar-refractivity contribution in [3.05, 3.63) is 59.1 Å². The van der Waals surface area contributed by atoms with E-state index in [0.29, 0.717) is 13.2 Å². The molecule has 4 heteroatoms. The molecular weight excluding hydrogens is 274 g/mol. The van der Waals surface area contributed by atoms with Gasteiger partial charge in [-0.3, -0.25) is 0 Å². The van der Waals surface area contributed by atoms with Gasteiger partial charge in [-0.05, 0) is 29.8 Å². The summed E-state index contributed by atoms with van der Waals surface area (Å²) >= 11 is 6.05. The number of hydrogen-bond acceptors (Lipinski definition) is 3. The molecule has 106 valence electrons. The number of benzene rings is 2. The molecule has 2 rings (SSSR count). The lowest BCUT2D eigenvalue weighted by Gasteiger charge is -2.09. The zero-order valence-corrected chi connectivity index (χ0v) is 12.2. The first kappa shape index (κ1) is 14.7. The maximum atomic E-state index is 6.05. The van der Waals surface area contributed by atoms with Crippen molar-refractivity contribution in [1.29, 1.82) is 0 Å². The summed E-state index contributed by atoms with van der Waals surface area (Å²) in [5.74, 6) is 0.856. The van der Waals surface area contributed by atoms with Gasteiger partial charge in [-0.15, -0.1) is 0 Å². The Balaban J connectivity index is 1.67. The van der Waals surface area contributed by atoms with Crippen LogP contribution in [-0.2, 0) is 11.3 Å². The third-order valence-corrected chi connectivity index (χ3v) is 3.19. The number of methoxy groups -OCH3 is 1. The predicted molar refractivity (Wildman–Crippen MR) is 82.6 cm³/mol. The van der Waals surface area contributed by atoms with E-state index >= 15 is 0 Å². The first-order valence-electron chi connectivity index (χ1n) is 6.48. The van der Waals surface area contributed by atoms with Gasteiger partial charge in [-0.1, -0.05) is 35.9 Å². The number of halogens is 1. The minimum Gasteiger partial charge on any atom is -0.497 e. The smallest absolute Gasteiger partial charge is 0.118 e. The van der Waals surface area contributed by atoms with Gasteiger partial charge in [0.05, 0.1) is 31.0 Å². The summed E-state index contributed by atoms with van der Waals surface area (Å²) in [4.78, 5) is 0. The standard InChI is InChI=1S/C16H18ClNO2/c1-19-14-8-6-13(7-9-14)12-20-11-10-18-16-5-3-2-4-15(16)17/h2-9,18H,10-12H2,1H3. The zero-order valence-electron chi connectivity index (χ0n) is 11.4. The molecule has 0 heterocycles. The van der Waals surface area contributed by atoms with Crippen LogP contribution in [0.5, 0.6) is 5.75 Å². The second kappa shape index (κ2) is 7.78. The fourth-order valence-electron chi connectivity index (χ4n) is 1.77. The summed E-state index contributed by atoms with van der Waals surface area (Å²) < 4.78 is 10.7. The van der Waals surface area contributed by atoms with Crippen LogP contribution in [0.4, 0.5) is 5.69 Å². The number of nitrogens with one attached hydrogen (secondary N) is 1. The number of rotatable bonds is 7. The molecule has 0 aromatic heterocycles. The molecule has 0 atom stereocenters. The summed E-state index contributed by atoms with van der Waals surface area (Å²) in [6.45, 7) is 1.94. The molecular formula is C16H18ClNO2. The highest BCUT2D eigenvalue weighted by Crippen LogP contribution is 2.19. The molecule has 3 nitrogen and oxygen atoms in total. The van der Waals surface area contributed by atoms with E-state index in [9.17, 15) is 0 Å². The Bertz CT molecular complexity index is 528. The average Bonchev–Trinajstić information content (AvgIpc) is 2.49. The van der Waals surface area contributed by atoms with E-state index in [-0.39, 0.29) is 0 Å². The van der Waals surface area contributed by atoms with E-state index in [4.69, 9.17) is 21.1 Å². The van der Waals surface area contributed by atoms with Crippen LogP contribution in [0.1, 0.15) is 5.56 Å². The molecule has 0 unspecified atom stereocenters. The molecule has 0 aliphatic carbocycles. The van der Waals surface area contributed by atoms with Gasteiger partial charge >= 0.3 is 0 Å². The lowest BCUT2D eigenvalue weighted by atomic mass is 10.2. The molecule has 0 bridgehead atoms. The van der Waals surface area contributed by atoms with Crippen molar-refractivity contribution in [2.45, 2.75) is 6.61 Å². The van der Waals surface area contributed by atoms with Gasteiger partial charge in [-0.25, -0.2) is 0 Å². The van der Waals surface area contributed by atoms with Crippen LogP contribution >= 0.6 is 11.6 Å². The first-order chi connectivity index (χ1) is 9.79. The van der Waals surface area contributed by atoms with E-state index in [2.05, 4.69) is 5.32 Å². The van der Waals surface area contributed by atoms with E-state index in [1.165, 1.54) is 0 Å². The van der Waals surface area contributed by atoms with Crippen molar-refractivity contribution in [2.75, 3.05) is 25.6 Å². The number of ether oxygens (including phenoxy) is 2. The summed E-state index contributed by atoms with van der Waals surface area (Å²) in [5, 5.41) is 3.97. The third-order valence-electron chi connectivity index (χ3n) is 2.86. The Morgan fingerprint density at radius 3 is 2.50 bits per heavy atom. The van der Waals surface area contributed by atoms with E-state index in [0.717, 1.165) is 28.6 Å². The third kappa shape index (κ3) is 4.44. The second-order valence-electron chi connectivity index (χ2n) is 4.31. The number of para-hydroxylation sites is 1. The van der Waals surface area contributed by atoms with Crippen LogP contribution in [0.15, 0.2) is 48.5 Å².